The van der Waals surface area contributed by atoms with Crippen LogP contribution < -0.4 is 5.73 Å². The average molecular weight is 248 g/mol. The first-order valence-electron chi connectivity index (χ1n) is 6.04. The van der Waals surface area contributed by atoms with Gasteiger partial charge < -0.3 is 10.6 Å². The Kier molecular flexibility index (Phi) is 5.21. The van der Waals surface area contributed by atoms with Crippen LogP contribution in [0.15, 0.2) is 0 Å². The van der Waals surface area contributed by atoms with Gasteiger partial charge in [0.05, 0.1) is 5.75 Å². The second kappa shape index (κ2) is 5.98. The highest BCUT2D eigenvalue weighted by molar-refractivity contribution is 7.90. The van der Waals surface area contributed by atoms with E-state index in [2.05, 4.69) is 4.90 Å². The van der Waals surface area contributed by atoms with E-state index in [4.69, 9.17) is 5.73 Å². The Morgan fingerprint density at radius 3 is 2.50 bits per heavy atom. The van der Waals surface area contributed by atoms with Crippen LogP contribution in [0.3, 0.4) is 0 Å². The lowest BCUT2D eigenvalue weighted by atomic mass is 10.0. The number of likely N-dealkylation sites (N-methyl/N-ethyl adjacent to an activating group) is 1. The van der Waals surface area contributed by atoms with E-state index in [9.17, 15) is 8.42 Å². The lowest BCUT2D eigenvalue weighted by Gasteiger charge is -2.31. The number of nitrogens with zero attached hydrogens (tertiary/aromatic N) is 1. The molecule has 0 aromatic carbocycles. The maximum absolute atomic E-state index is 11.1. The summed E-state index contributed by atoms with van der Waals surface area (Å²) in [6, 6.07) is 0.552. The fourth-order valence-corrected chi connectivity index (χ4v) is 2.96. The van der Waals surface area contributed by atoms with Gasteiger partial charge in [0.1, 0.15) is 9.84 Å². The summed E-state index contributed by atoms with van der Waals surface area (Å²) in [6.45, 7) is 0.594. The van der Waals surface area contributed by atoms with E-state index < -0.39 is 9.84 Å². The van der Waals surface area contributed by atoms with Gasteiger partial charge in [-0.15, -0.1) is 0 Å². The molecule has 5 heteroatoms. The molecular weight excluding hydrogens is 224 g/mol. The standard InChI is InChI=1S/C11H24N2O2S/c1-13(8-9-16(2,14)15)11-7-5-3-4-6-10(11)12/h10-11H,3-9,12H2,1-2H3. The molecule has 1 fully saturated rings. The highest BCUT2D eigenvalue weighted by Gasteiger charge is 2.24. The molecule has 1 aliphatic rings. The molecule has 0 bridgehead atoms. The maximum Gasteiger partial charge on any atom is 0.148 e. The van der Waals surface area contributed by atoms with Crippen molar-refractivity contribution < 1.29 is 8.42 Å². The quantitative estimate of drug-likeness (QED) is 0.741. The molecular formula is C11H24N2O2S. The van der Waals surface area contributed by atoms with Gasteiger partial charge >= 0.3 is 0 Å². The van der Waals surface area contributed by atoms with Crippen molar-refractivity contribution >= 4 is 9.84 Å². The van der Waals surface area contributed by atoms with Crippen molar-refractivity contribution in [3.63, 3.8) is 0 Å². The lowest BCUT2D eigenvalue weighted by Crippen LogP contribution is -2.46. The van der Waals surface area contributed by atoms with Crippen LogP contribution in [0.25, 0.3) is 0 Å². The van der Waals surface area contributed by atoms with E-state index in [-0.39, 0.29) is 11.8 Å². The van der Waals surface area contributed by atoms with E-state index in [1.54, 1.807) is 0 Å². The normalized spacial score (nSPS) is 28.0. The molecule has 0 heterocycles. The number of hydrogen-bond acceptors (Lipinski definition) is 4. The van der Waals surface area contributed by atoms with Crippen LogP contribution in [-0.2, 0) is 9.84 Å². The number of nitrogens with two attached hydrogens (primary N) is 1. The van der Waals surface area contributed by atoms with Crippen LogP contribution in [0.5, 0.6) is 0 Å². The molecule has 1 aliphatic carbocycles. The first kappa shape index (κ1) is 13.9. The number of rotatable bonds is 4. The minimum atomic E-state index is -2.87. The zero-order valence-electron chi connectivity index (χ0n) is 10.4. The van der Waals surface area contributed by atoms with Crippen molar-refractivity contribution in [2.45, 2.75) is 44.2 Å². The molecule has 1 rings (SSSR count). The third kappa shape index (κ3) is 4.80. The van der Waals surface area contributed by atoms with Gasteiger partial charge in [-0.2, -0.15) is 0 Å². The summed E-state index contributed by atoms with van der Waals surface area (Å²) in [5, 5.41) is 0. The second-order valence-electron chi connectivity index (χ2n) is 4.98. The molecule has 0 aromatic heterocycles. The van der Waals surface area contributed by atoms with E-state index in [1.807, 2.05) is 7.05 Å². The van der Waals surface area contributed by atoms with Crippen LogP contribution >= 0.6 is 0 Å². The summed E-state index contributed by atoms with van der Waals surface area (Å²) in [7, 11) is -0.880. The summed E-state index contributed by atoms with van der Waals surface area (Å²) < 4.78 is 22.2. The van der Waals surface area contributed by atoms with Gasteiger partial charge in [0.25, 0.3) is 0 Å². The summed E-state index contributed by atoms with van der Waals surface area (Å²) in [5.41, 5.74) is 6.13. The Morgan fingerprint density at radius 1 is 1.25 bits per heavy atom. The van der Waals surface area contributed by atoms with E-state index in [0.717, 1.165) is 12.8 Å². The summed E-state index contributed by atoms with van der Waals surface area (Å²) in [4.78, 5) is 2.12. The first-order chi connectivity index (χ1) is 7.40. The van der Waals surface area contributed by atoms with Crippen LogP contribution in [0, 0.1) is 0 Å². The Hall–Kier alpha value is -0.130. The largest absolute Gasteiger partial charge is 0.326 e. The van der Waals surface area contributed by atoms with Crippen LogP contribution in [0.4, 0.5) is 0 Å². The number of hydrogen-bond donors (Lipinski definition) is 1. The molecule has 0 amide bonds. The first-order valence-corrected chi connectivity index (χ1v) is 8.10. The van der Waals surface area contributed by atoms with Crippen molar-refractivity contribution in [3.05, 3.63) is 0 Å². The zero-order chi connectivity index (χ0) is 12.2. The fourth-order valence-electron chi connectivity index (χ4n) is 2.34. The zero-order valence-corrected chi connectivity index (χ0v) is 11.2. The third-order valence-electron chi connectivity index (χ3n) is 3.41. The molecule has 0 radical (unpaired) electrons. The molecule has 2 N–H and O–H groups in total. The SMILES string of the molecule is CN(CCS(C)(=O)=O)C1CCCCCC1N. The van der Waals surface area contributed by atoms with Crippen LogP contribution in [0.2, 0.25) is 0 Å². The second-order valence-corrected chi connectivity index (χ2v) is 7.24. The predicted octanol–water partition coefficient (Wildman–Crippen LogP) is 0.623. The monoisotopic (exact) mass is 248 g/mol. The molecule has 4 nitrogen and oxygen atoms in total. The van der Waals surface area contributed by atoms with Crippen LogP contribution in [0.1, 0.15) is 32.1 Å². The molecule has 2 unspecified atom stereocenters. The van der Waals surface area contributed by atoms with Crippen molar-refractivity contribution in [3.8, 4) is 0 Å². The Labute approximate surface area is 99.1 Å². The highest BCUT2D eigenvalue weighted by Crippen LogP contribution is 2.20. The Morgan fingerprint density at radius 2 is 1.88 bits per heavy atom. The van der Waals surface area contributed by atoms with Gasteiger partial charge in [0.2, 0.25) is 0 Å². The Bertz CT molecular complexity index is 303. The van der Waals surface area contributed by atoms with Gasteiger partial charge in [0.15, 0.2) is 0 Å². The van der Waals surface area contributed by atoms with Crippen molar-refractivity contribution in [1.82, 2.24) is 4.90 Å². The van der Waals surface area contributed by atoms with Crippen LogP contribution in [-0.4, -0.2) is 51.0 Å². The predicted molar refractivity (Wildman–Crippen MR) is 67.2 cm³/mol. The molecule has 2 atom stereocenters. The Balaban J connectivity index is 2.47. The molecule has 0 aliphatic heterocycles. The van der Waals surface area contributed by atoms with Gasteiger partial charge in [0, 0.05) is 24.9 Å². The maximum atomic E-state index is 11.1. The molecule has 96 valence electrons. The van der Waals surface area contributed by atoms with Gasteiger partial charge in [-0.05, 0) is 19.9 Å². The van der Waals surface area contributed by atoms with E-state index in [1.165, 1.54) is 25.5 Å². The molecule has 0 saturated heterocycles. The van der Waals surface area contributed by atoms with Crippen molar-refractivity contribution in [2.24, 2.45) is 5.73 Å². The summed E-state index contributed by atoms with van der Waals surface area (Å²) >= 11 is 0. The minimum absolute atomic E-state index is 0.201. The smallest absolute Gasteiger partial charge is 0.148 e. The van der Waals surface area contributed by atoms with Crippen molar-refractivity contribution in [1.29, 1.82) is 0 Å². The molecule has 1 saturated carbocycles. The highest BCUT2D eigenvalue weighted by atomic mass is 32.2. The number of sulfone groups is 1. The van der Waals surface area contributed by atoms with E-state index in [0.29, 0.717) is 12.6 Å². The molecule has 0 spiro atoms. The lowest BCUT2D eigenvalue weighted by molar-refractivity contribution is 0.211. The topological polar surface area (TPSA) is 63.4 Å². The molecule has 16 heavy (non-hydrogen) atoms. The van der Waals surface area contributed by atoms with Crippen molar-refractivity contribution in [2.75, 3.05) is 25.6 Å². The summed E-state index contributed by atoms with van der Waals surface area (Å²) in [5.74, 6) is 0.229. The van der Waals surface area contributed by atoms with Gasteiger partial charge in [-0.3, -0.25) is 0 Å². The van der Waals surface area contributed by atoms with Gasteiger partial charge in [-0.25, -0.2) is 8.42 Å². The van der Waals surface area contributed by atoms with Gasteiger partial charge in [-0.1, -0.05) is 19.3 Å². The molecule has 0 aromatic rings. The average Bonchev–Trinajstić information content (AvgIpc) is 2.38. The van der Waals surface area contributed by atoms with E-state index >= 15 is 0 Å². The fraction of sp³-hybridized carbons (Fsp3) is 1.00. The summed E-state index contributed by atoms with van der Waals surface area (Å²) in [6.07, 6.45) is 7.12. The third-order valence-corrected chi connectivity index (χ3v) is 4.34. The minimum Gasteiger partial charge on any atom is -0.326 e.